The topological polar surface area (TPSA) is 39.4 Å². The summed E-state index contributed by atoms with van der Waals surface area (Å²) in [5, 5.41) is 4.40. The lowest BCUT2D eigenvalue weighted by molar-refractivity contribution is 0.0474. The van der Waals surface area contributed by atoms with Crippen molar-refractivity contribution in [1.82, 2.24) is 0 Å². The quantitative estimate of drug-likeness (QED) is 0.128. The number of hydrogen-bond acceptors (Lipinski definition) is 3. The van der Waals surface area contributed by atoms with Crippen LogP contribution in [-0.2, 0) is 16.8 Å². The van der Waals surface area contributed by atoms with Crippen LogP contribution in [0.25, 0.3) is 99.5 Å². The van der Waals surface area contributed by atoms with Gasteiger partial charge < -0.3 is 9.15 Å². The van der Waals surface area contributed by atoms with Gasteiger partial charge in [0, 0.05) is 16.3 Å². The van der Waals surface area contributed by atoms with E-state index in [2.05, 4.69) is 237 Å². The molecule has 13 aromatic rings. The minimum atomic E-state index is -0.623. The van der Waals surface area contributed by atoms with Crippen molar-refractivity contribution in [3.63, 3.8) is 0 Å². The molecule has 0 atom stereocenters. The normalized spacial score (nSPS) is 12.4. The minimum absolute atomic E-state index is 0.123. The Balaban J connectivity index is 0.982. The van der Waals surface area contributed by atoms with Crippen LogP contribution in [0.2, 0.25) is 0 Å². The summed E-state index contributed by atoms with van der Waals surface area (Å²) in [5.74, 6) is -0.402. The Morgan fingerprint density at radius 3 is 1.71 bits per heavy atom. The Morgan fingerprint density at radius 1 is 0.368 bits per heavy atom. The maximum Gasteiger partial charge on any atom is 0.339 e. The standard InChI is InChI=1S/C73H48O3/c74-72(75-47-48-20-4-1-5-21-48)70-58(32-18-33-62(70)61-34-19-36-67-69(61)63-31-14-16-35-66(63)73(67,55-24-6-2-7-25-55)56-26-8-3-9-27-56)54-45-64(71-65(46-54)60-30-15-17-37-68(60)76-71)59-29-13-12-28-57(59)51-41-38-50(39-42-51)53-43-40-49-22-10-11-23-52(49)44-53/h1-46H,47H2. The number of carbonyl (C=O) groups is 1. The van der Waals surface area contributed by atoms with Crippen molar-refractivity contribution in [2.75, 3.05) is 0 Å². The lowest BCUT2D eigenvalue weighted by atomic mass is 9.67. The molecule has 0 N–H and O–H groups in total. The van der Waals surface area contributed by atoms with E-state index in [0.29, 0.717) is 5.56 Å². The number of para-hydroxylation sites is 1. The number of fused-ring (bicyclic) bond motifs is 7. The van der Waals surface area contributed by atoms with E-state index in [1.165, 1.54) is 33.0 Å². The summed E-state index contributed by atoms with van der Waals surface area (Å²) in [6, 6.07) is 98.4. The first kappa shape index (κ1) is 44.8. The molecule has 0 unspecified atom stereocenters. The van der Waals surface area contributed by atoms with Crippen LogP contribution in [0.1, 0.15) is 38.2 Å². The Kier molecular flexibility index (Phi) is 11.0. The number of ether oxygens (including phenoxy) is 1. The molecule has 0 fully saturated rings. The molecule has 14 rings (SSSR count). The number of carbonyl (C=O) groups excluding carboxylic acids is 1. The van der Waals surface area contributed by atoms with Gasteiger partial charge in [0.25, 0.3) is 0 Å². The highest BCUT2D eigenvalue weighted by Crippen LogP contribution is 2.59. The summed E-state index contributed by atoms with van der Waals surface area (Å²) < 4.78 is 13.3. The van der Waals surface area contributed by atoms with Crippen LogP contribution < -0.4 is 0 Å². The van der Waals surface area contributed by atoms with Gasteiger partial charge in [-0.25, -0.2) is 4.79 Å². The van der Waals surface area contributed by atoms with Gasteiger partial charge in [0.15, 0.2) is 0 Å². The Morgan fingerprint density at radius 2 is 0.934 bits per heavy atom. The van der Waals surface area contributed by atoms with Crippen LogP contribution in [0.5, 0.6) is 0 Å². The molecule has 0 amide bonds. The molecule has 1 aliphatic rings. The predicted molar refractivity (Wildman–Crippen MR) is 311 cm³/mol. The molecule has 0 spiro atoms. The summed E-state index contributed by atoms with van der Waals surface area (Å²) in [6.45, 7) is 0.123. The maximum atomic E-state index is 15.5. The highest BCUT2D eigenvalue weighted by atomic mass is 16.5. The van der Waals surface area contributed by atoms with E-state index < -0.39 is 11.4 Å². The molecule has 12 aromatic carbocycles. The number of benzene rings is 12. The lowest BCUT2D eigenvalue weighted by Crippen LogP contribution is -2.28. The first-order valence-corrected chi connectivity index (χ1v) is 26.0. The first-order valence-electron chi connectivity index (χ1n) is 26.0. The van der Waals surface area contributed by atoms with Gasteiger partial charge >= 0.3 is 5.97 Å². The van der Waals surface area contributed by atoms with Gasteiger partial charge in [-0.15, -0.1) is 0 Å². The molecule has 3 heteroatoms. The molecule has 0 bridgehead atoms. The van der Waals surface area contributed by atoms with Crippen LogP contribution in [0.4, 0.5) is 0 Å². The van der Waals surface area contributed by atoms with Crippen LogP contribution in [0.15, 0.2) is 283 Å². The van der Waals surface area contributed by atoms with Gasteiger partial charge in [0.2, 0.25) is 0 Å². The summed E-state index contributed by atoms with van der Waals surface area (Å²) >= 11 is 0. The molecule has 0 saturated heterocycles. The average Bonchev–Trinajstić information content (AvgIpc) is 4.24. The van der Waals surface area contributed by atoms with E-state index in [9.17, 15) is 0 Å². The second-order valence-electron chi connectivity index (χ2n) is 19.7. The zero-order valence-corrected chi connectivity index (χ0v) is 41.5. The fraction of sp³-hybridized carbons (Fsp3) is 0.0274. The molecular formula is C73H48O3. The van der Waals surface area contributed by atoms with Gasteiger partial charge in [0.05, 0.1) is 11.0 Å². The van der Waals surface area contributed by atoms with Crippen LogP contribution in [0.3, 0.4) is 0 Å². The largest absolute Gasteiger partial charge is 0.457 e. The van der Waals surface area contributed by atoms with Crippen LogP contribution in [0, 0.1) is 0 Å². The third kappa shape index (κ3) is 7.39. The third-order valence-corrected chi connectivity index (χ3v) is 15.5. The fourth-order valence-corrected chi connectivity index (χ4v) is 12.1. The van der Waals surface area contributed by atoms with Gasteiger partial charge in [-0.1, -0.05) is 255 Å². The monoisotopic (exact) mass is 972 g/mol. The second kappa shape index (κ2) is 18.6. The highest BCUT2D eigenvalue weighted by Gasteiger charge is 2.47. The van der Waals surface area contributed by atoms with E-state index in [0.717, 1.165) is 94.3 Å². The average molecular weight is 973 g/mol. The van der Waals surface area contributed by atoms with Gasteiger partial charge in [0.1, 0.15) is 17.8 Å². The van der Waals surface area contributed by atoms with Crippen molar-refractivity contribution >= 4 is 38.7 Å². The molecule has 3 nitrogen and oxygen atoms in total. The fourth-order valence-electron chi connectivity index (χ4n) is 12.1. The summed E-state index contributed by atoms with van der Waals surface area (Å²) in [4.78, 5) is 15.5. The zero-order valence-electron chi connectivity index (χ0n) is 41.5. The van der Waals surface area contributed by atoms with E-state index in [1.54, 1.807) is 0 Å². The van der Waals surface area contributed by atoms with E-state index >= 15 is 4.79 Å². The maximum absolute atomic E-state index is 15.5. The summed E-state index contributed by atoms with van der Waals surface area (Å²) in [7, 11) is 0. The Bertz CT molecular complexity index is 4300. The van der Waals surface area contributed by atoms with Gasteiger partial charge in [-0.3, -0.25) is 0 Å². The molecule has 358 valence electrons. The second-order valence-corrected chi connectivity index (χ2v) is 19.7. The van der Waals surface area contributed by atoms with Crippen molar-refractivity contribution in [3.8, 4) is 66.8 Å². The minimum Gasteiger partial charge on any atom is -0.457 e. The van der Waals surface area contributed by atoms with Crippen molar-refractivity contribution in [1.29, 1.82) is 0 Å². The van der Waals surface area contributed by atoms with E-state index in [4.69, 9.17) is 9.15 Å². The SMILES string of the molecule is O=C(OCc1ccccc1)c1c(-c2cc(-c3ccccc3-c3ccc(-c4ccc5ccccc5c4)cc3)c3oc4ccccc4c3c2)cccc1-c1cccc2c1-c1ccccc1C2(c1ccccc1)c1ccccc1. The Labute approximate surface area is 441 Å². The smallest absolute Gasteiger partial charge is 0.339 e. The third-order valence-electron chi connectivity index (χ3n) is 15.5. The molecule has 1 aromatic heterocycles. The molecular weight excluding hydrogens is 925 g/mol. The van der Waals surface area contributed by atoms with Crippen LogP contribution >= 0.6 is 0 Å². The summed E-state index contributed by atoms with van der Waals surface area (Å²) in [6.07, 6.45) is 0. The van der Waals surface area contributed by atoms with Gasteiger partial charge in [-0.2, -0.15) is 0 Å². The van der Waals surface area contributed by atoms with Crippen molar-refractivity contribution in [2.24, 2.45) is 0 Å². The molecule has 0 saturated carbocycles. The zero-order chi connectivity index (χ0) is 50.6. The number of hydrogen-bond donors (Lipinski definition) is 0. The molecule has 76 heavy (non-hydrogen) atoms. The molecule has 1 aliphatic carbocycles. The van der Waals surface area contributed by atoms with Gasteiger partial charge in [-0.05, 0) is 124 Å². The number of esters is 1. The first-order chi connectivity index (χ1) is 37.6. The summed E-state index contributed by atoms with van der Waals surface area (Å²) in [5.41, 5.74) is 19.1. The predicted octanol–water partition coefficient (Wildman–Crippen LogP) is 18.8. The highest BCUT2D eigenvalue weighted by molar-refractivity contribution is 6.14. The van der Waals surface area contributed by atoms with Crippen molar-refractivity contribution in [2.45, 2.75) is 12.0 Å². The molecule has 1 heterocycles. The molecule has 0 aliphatic heterocycles. The lowest BCUT2D eigenvalue weighted by Gasteiger charge is -2.34. The molecule has 0 radical (unpaired) electrons. The number of furan rings is 1. The van der Waals surface area contributed by atoms with Crippen LogP contribution in [-0.4, -0.2) is 5.97 Å². The van der Waals surface area contributed by atoms with E-state index in [1.807, 2.05) is 42.5 Å². The van der Waals surface area contributed by atoms with Crippen molar-refractivity contribution < 1.29 is 13.9 Å². The van der Waals surface area contributed by atoms with Crippen molar-refractivity contribution in [3.05, 3.63) is 312 Å². The number of rotatable bonds is 10. The Hall–Kier alpha value is -9.83. The van der Waals surface area contributed by atoms with E-state index in [-0.39, 0.29) is 6.61 Å².